The van der Waals surface area contributed by atoms with E-state index in [0.717, 1.165) is 5.69 Å². The minimum atomic E-state index is 0.413. The van der Waals surface area contributed by atoms with Gasteiger partial charge in [0.2, 0.25) is 0 Å². The summed E-state index contributed by atoms with van der Waals surface area (Å²) in [6.07, 6.45) is 1.72. The number of furan rings is 1. The molecule has 0 radical (unpaired) electrons. The third kappa shape index (κ3) is 1.16. The number of nitrogen functional groups attached to an aromatic ring is 1. The molecule has 0 atom stereocenters. The maximum Gasteiger partial charge on any atom is 0.191 e. The monoisotopic (exact) mass is 160 g/mol. The molecule has 2 rings (SSSR count). The minimum Gasteiger partial charge on any atom is -0.439 e. The van der Waals surface area contributed by atoms with Gasteiger partial charge in [-0.25, -0.2) is 0 Å². The first-order chi connectivity index (χ1) is 5.86. The molecular weight excluding hydrogens is 152 g/mol. The van der Waals surface area contributed by atoms with Crippen molar-refractivity contribution < 1.29 is 4.42 Å². The smallest absolute Gasteiger partial charge is 0.191 e. The molecule has 2 N–H and O–H groups in total. The van der Waals surface area contributed by atoms with Crippen molar-refractivity contribution >= 4 is 5.88 Å². The third-order valence-corrected chi connectivity index (χ3v) is 1.54. The Morgan fingerprint density at radius 2 is 2.08 bits per heavy atom. The molecule has 0 aliphatic heterocycles. The van der Waals surface area contributed by atoms with Crippen molar-refractivity contribution in [2.75, 3.05) is 5.73 Å². The molecular formula is C9H8N2O. The molecule has 0 saturated carbocycles. The van der Waals surface area contributed by atoms with Gasteiger partial charge in [-0.15, -0.1) is 0 Å². The molecule has 60 valence electrons. The predicted molar refractivity (Wildman–Crippen MR) is 46.4 cm³/mol. The normalized spacial score (nSPS) is 10.0. The van der Waals surface area contributed by atoms with Gasteiger partial charge in [-0.2, -0.15) is 0 Å². The van der Waals surface area contributed by atoms with E-state index in [2.05, 4.69) is 4.98 Å². The number of anilines is 1. The Morgan fingerprint density at radius 3 is 2.67 bits per heavy atom. The Balaban J connectivity index is 2.45. The van der Waals surface area contributed by atoms with Crippen LogP contribution in [0.15, 0.2) is 40.9 Å². The van der Waals surface area contributed by atoms with Crippen molar-refractivity contribution in [3.05, 3.63) is 36.5 Å². The number of hydrogen-bond donors (Lipinski definition) is 1. The van der Waals surface area contributed by atoms with Crippen LogP contribution in [0.5, 0.6) is 0 Å². The Kier molecular flexibility index (Phi) is 1.55. The second-order valence-corrected chi connectivity index (χ2v) is 2.42. The molecule has 0 aliphatic rings. The Labute approximate surface area is 69.8 Å². The van der Waals surface area contributed by atoms with Gasteiger partial charge in [0.1, 0.15) is 5.69 Å². The summed E-state index contributed by atoms with van der Waals surface area (Å²) in [5, 5.41) is 0. The lowest BCUT2D eigenvalue weighted by Gasteiger charge is -1.92. The van der Waals surface area contributed by atoms with E-state index in [4.69, 9.17) is 10.2 Å². The van der Waals surface area contributed by atoms with Crippen LogP contribution >= 0.6 is 0 Å². The summed E-state index contributed by atoms with van der Waals surface area (Å²) in [4.78, 5) is 4.11. The van der Waals surface area contributed by atoms with E-state index in [1.807, 2.05) is 18.2 Å². The van der Waals surface area contributed by atoms with Crippen LogP contribution in [0.25, 0.3) is 11.5 Å². The number of pyridine rings is 1. The summed E-state index contributed by atoms with van der Waals surface area (Å²) in [5.74, 6) is 1.11. The van der Waals surface area contributed by atoms with E-state index in [1.165, 1.54) is 0 Å². The Hall–Kier alpha value is -1.77. The highest BCUT2D eigenvalue weighted by Crippen LogP contribution is 2.20. The fraction of sp³-hybridized carbons (Fsp3) is 0. The van der Waals surface area contributed by atoms with Gasteiger partial charge in [0.25, 0.3) is 0 Å². The topological polar surface area (TPSA) is 52.0 Å². The summed E-state index contributed by atoms with van der Waals surface area (Å²) in [5.41, 5.74) is 6.22. The standard InChI is InChI=1S/C9H8N2O/c10-9-5-4-8(12-9)7-3-1-2-6-11-7/h1-6H,10H2. The van der Waals surface area contributed by atoms with Crippen LogP contribution in [0.3, 0.4) is 0 Å². The molecule has 2 aromatic rings. The molecule has 0 spiro atoms. The third-order valence-electron chi connectivity index (χ3n) is 1.54. The van der Waals surface area contributed by atoms with E-state index in [9.17, 15) is 0 Å². The van der Waals surface area contributed by atoms with Gasteiger partial charge in [0.05, 0.1) is 0 Å². The molecule has 2 heterocycles. The average molecular weight is 160 g/mol. The van der Waals surface area contributed by atoms with E-state index in [-0.39, 0.29) is 0 Å². The zero-order valence-electron chi connectivity index (χ0n) is 6.40. The van der Waals surface area contributed by atoms with Crippen LogP contribution in [-0.4, -0.2) is 4.98 Å². The molecule has 0 bridgehead atoms. The molecule has 0 unspecified atom stereocenters. The lowest BCUT2D eigenvalue weighted by atomic mass is 10.3. The van der Waals surface area contributed by atoms with Gasteiger partial charge in [-0.1, -0.05) is 6.07 Å². The highest BCUT2D eigenvalue weighted by atomic mass is 16.4. The summed E-state index contributed by atoms with van der Waals surface area (Å²) in [6, 6.07) is 9.15. The van der Waals surface area contributed by atoms with E-state index in [1.54, 1.807) is 18.3 Å². The minimum absolute atomic E-state index is 0.413. The van der Waals surface area contributed by atoms with Crippen LogP contribution < -0.4 is 5.73 Å². The molecule has 0 fully saturated rings. The van der Waals surface area contributed by atoms with Gasteiger partial charge in [0.15, 0.2) is 11.6 Å². The number of rotatable bonds is 1. The van der Waals surface area contributed by atoms with Gasteiger partial charge in [-0.3, -0.25) is 4.98 Å². The van der Waals surface area contributed by atoms with Crippen LogP contribution in [-0.2, 0) is 0 Å². The van der Waals surface area contributed by atoms with Gasteiger partial charge in [-0.05, 0) is 18.2 Å². The zero-order valence-corrected chi connectivity index (χ0v) is 6.40. The van der Waals surface area contributed by atoms with Crippen LogP contribution in [0, 0.1) is 0 Å². The second-order valence-electron chi connectivity index (χ2n) is 2.42. The quantitative estimate of drug-likeness (QED) is 0.693. The summed E-state index contributed by atoms with van der Waals surface area (Å²) < 4.78 is 5.18. The number of nitrogens with two attached hydrogens (primary N) is 1. The highest BCUT2D eigenvalue weighted by Gasteiger charge is 2.01. The molecule has 3 heteroatoms. The van der Waals surface area contributed by atoms with Crippen LogP contribution in [0.2, 0.25) is 0 Å². The maximum absolute atomic E-state index is 5.42. The highest BCUT2D eigenvalue weighted by molar-refractivity contribution is 5.53. The SMILES string of the molecule is Nc1ccc(-c2ccccn2)o1. The zero-order chi connectivity index (χ0) is 8.39. The Bertz CT molecular complexity index is 367. The predicted octanol–water partition coefficient (Wildman–Crippen LogP) is 1.92. The molecule has 0 aromatic carbocycles. The fourth-order valence-corrected chi connectivity index (χ4v) is 0.999. The largest absolute Gasteiger partial charge is 0.439 e. The van der Waals surface area contributed by atoms with Crippen molar-refractivity contribution in [1.29, 1.82) is 0 Å². The molecule has 0 amide bonds. The number of hydrogen-bond acceptors (Lipinski definition) is 3. The van der Waals surface area contributed by atoms with Crippen LogP contribution in [0.4, 0.5) is 5.88 Å². The summed E-state index contributed by atoms with van der Waals surface area (Å²) in [7, 11) is 0. The van der Waals surface area contributed by atoms with E-state index < -0.39 is 0 Å². The maximum atomic E-state index is 5.42. The fourth-order valence-electron chi connectivity index (χ4n) is 0.999. The first-order valence-electron chi connectivity index (χ1n) is 3.63. The van der Waals surface area contributed by atoms with Crippen molar-refractivity contribution in [1.82, 2.24) is 4.98 Å². The number of nitrogens with zero attached hydrogens (tertiary/aromatic N) is 1. The van der Waals surface area contributed by atoms with Crippen LogP contribution in [0.1, 0.15) is 0 Å². The van der Waals surface area contributed by atoms with Crippen molar-refractivity contribution in [2.24, 2.45) is 0 Å². The molecule has 12 heavy (non-hydrogen) atoms. The first-order valence-corrected chi connectivity index (χ1v) is 3.63. The molecule has 3 nitrogen and oxygen atoms in total. The molecule has 0 aliphatic carbocycles. The average Bonchev–Trinajstić information content (AvgIpc) is 2.54. The van der Waals surface area contributed by atoms with Crippen molar-refractivity contribution in [3.8, 4) is 11.5 Å². The summed E-state index contributed by atoms with van der Waals surface area (Å²) in [6.45, 7) is 0. The molecule has 2 aromatic heterocycles. The van der Waals surface area contributed by atoms with E-state index >= 15 is 0 Å². The first kappa shape index (κ1) is 6.91. The van der Waals surface area contributed by atoms with E-state index in [0.29, 0.717) is 11.6 Å². The van der Waals surface area contributed by atoms with Crippen molar-refractivity contribution in [2.45, 2.75) is 0 Å². The van der Waals surface area contributed by atoms with Gasteiger partial charge in [0, 0.05) is 12.3 Å². The Morgan fingerprint density at radius 1 is 1.17 bits per heavy atom. The number of aromatic nitrogens is 1. The second kappa shape index (κ2) is 2.70. The van der Waals surface area contributed by atoms with Crippen molar-refractivity contribution in [3.63, 3.8) is 0 Å². The lowest BCUT2D eigenvalue weighted by Crippen LogP contribution is -1.79. The lowest BCUT2D eigenvalue weighted by molar-refractivity contribution is 0.600. The van der Waals surface area contributed by atoms with Gasteiger partial charge >= 0.3 is 0 Å². The summed E-state index contributed by atoms with van der Waals surface area (Å²) >= 11 is 0. The van der Waals surface area contributed by atoms with Gasteiger partial charge < -0.3 is 10.2 Å². The molecule has 0 saturated heterocycles.